The average molecular weight is 381 g/mol. The van der Waals surface area contributed by atoms with Crippen LogP contribution in [-0.4, -0.2) is 29.4 Å². The van der Waals surface area contributed by atoms with Crippen LogP contribution in [0.3, 0.4) is 0 Å². The van der Waals surface area contributed by atoms with Crippen molar-refractivity contribution in [2.45, 2.75) is 19.3 Å². The first-order valence-corrected chi connectivity index (χ1v) is 9.05. The van der Waals surface area contributed by atoms with E-state index in [1.807, 2.05) is 25.1 Å². The van der Waals surface area contributed by atoms with Gasteiger partial charge in [-0.3, -0.25) is 4.79 Å². The number of methoxy groups -OCH3 is 1. The van der Waals surface area contributed by atoms with Gasteiger partial charge in [-0.15, -0.1) is 0 Å². The summed E-state index contributed by atoms with van der Waals surface area (Å²) in [5.41, 5.74) is 2.24. The monoisotopic (exact) mass is 381 g/mol. The van der Waals surface area contributed by atoms with Gasteiger partial charge in [0.15, 0.2) is 11.5 Å². The van der Waals surface area contributed by atoms with Crippen LogP contribution in [0, 0.1) is 5.82 Å². The molecular formula is C21H20FN3O3. The van der Waals surface area contributed by atoms with Crippen LogP contribution in [-0.2, 0) is 4.79 Å². The molecule has 28 heavy (non-hydrogen) atoms. The number of aromatic nitrogens is 2. The molecule has 0 spiro atoms. The van der Waals surface area contributed by atoms with Gasteiger partial charge in [-0.05, 0) is 31.2 Å². The van der Waals surface area contributed by atoms with Crippen molar-refractivity contribution in [2.75, 3.05) is 19.0 Å². The summed E-state index contributed by atoms with van der Waals surface area (Å²) in [7, 11) is 1.59. The van der Waals surface area contributed by atoms with E-state index >= 15 is 0 Å². The van der Waals surface area contributed by atoms with E-state index in [0.717, 1.165) is 11.1 Å². The first-order valence-electron chi connectivity index (χ1n) is 9.05. The molecule has 0 saturated heterocycles. The van der Waals surface area contributed by atoms with Gasteiger partial charge in [-0.2, -0.15) is 5.10 Å². The molecule has 1 aliphatic heterocycles. The fourth-order valence-electron chi connectivity index (χ4n) is 3.57. The highest BCUT2D eigenvalue weighted by molar-refractivity contribution is 5.94. The van der Waals surface area contributed by atoms with Gasteiger partial charge in [-0.25, -0.2) is 9.07 Å². The molecule has 6 nitrogen and oxygen atoms in total. The molecule has 4 rings (SSSR count). The summed E-state index contributed by atoms with van der Waals surface area (Å²) < 4.78 is 26.5. The number of hydrogen-bond acceptors (Lipinski definition) is 4. The Balaban J connectivity index is 1.84. The van der Waals surface area contributed by atoms with Crippen molar-refractivity contribution in [2.24, 2.45) is 0 Å². The number of anilines is 1. The summed E-state index contributed by atoms with van der Waals surface area (Å²) in [6, 6.07) is 11.7. The van der Waals surface area contributed by atoms with Gasteiger partial charge in [-0.1, -0.05) is 18.2 Å². The van der Waals surface area contributed by atoms with Crippen LogP contribution in [0.25, 0.3) is 5.69 Å². The predicted octanol–water partition coefficient (Wildman–Crippen LogP) is 3.89. The van der Waals surface area contributed by atoms with E-state index in [-0.39, 0.29) is 24.1 Å². The first-order chi connectivity index (χ1) is 13.6. The molecule has 0 saturated carbocycles. The molecular weight excluding hydrogens is 361 g/mol. The number of fused-ring (bicyclic) bond motifs is 1. The van der Waals surface area contributed by atoms with Crippen LogP contribution in [0.15, 0.2) is 48.7 Å². The number of rotatable bonds is 5. The predicted molar refractivity (Wildman–Crippen MR) is 103 cm³/mol. The summed E-state index contributed by atoms with van der Waals surface area (Å²) in [6.07, 6.45) is 1.97. The van der Waals surface area contributed by atoms with Gasteiger partial charge in [0.05, 0.1) is 25.6 Å². The molecule has 0 bridgehead atoms. The number of carbonyl (C=O) groups excluding carboxylic acids is 1. The Kier molecular flexibility index (Phi) is 4.73. The molecule has 144 valence electrons. The minimum Gasteiger partial charge on any atom is -0.493 e. The van der Waals surface area contributed by atoms with Crippen LogP contribution >= 0.6 is 0 Å². The van der Waals surface area contributed by atoms with Crippen molar-refractivity contribution in [1.82, 2.24) is 9.78 Å². The summed E-state index contributed by atoms with van der Waals surface area (Å²) in [5.74, 6) is 1.02. The zero-order valence-electron chi connectivity index (χ0n) is 15.6. The minimum atomic E-state index is -0.369. The Morgan fingerprint density at radius 3 is 2.82 bits per heavy atom. The second kappa shape index (κ2) is 7.34. The molecule has 2 aromatic carbocycles. The van der Waals surface area contributed by atoms with E-state index in [9.17, 15) is 9.18 Å². The number of nitrogens with zero attached hydrogens (tertiary/aromatic N) is 2. The largest absolute Gasteiger partial charge is 0.493 e. The van der Waals surface area contributed by atoms with E-state index in [1.54, 1.807) is 30.1 Å². The molecule has 0 radical (unpaired) electrons. The SMILES string of the molecule is CCOc1c(OC)cccc1C1CC(=O)Nc2c1cnn2-c1cccc(F)c1. The summed E-state index contributed by atoms with van der Waals surface area (Å²) in [5, 5.41) is 7.27. The zero-order chi connectivity index (χ0) is 19.7. The van der Waals surface area contributed by atoms with E-state index in [0.29, 0.717) is 29.6 Å². The lowest BCUT2D eigenvalue weighted by Crippen LogP contribution is -2.25. The van der Waals surface area contributed by atoms with Crippen molar-refractivity contribution in [1.29, 1.82) is 0 Å². The molecule has 0 aliphatic carbocycles. The summed E-state index contributed by atoms with van der Waals surface area (Å²) in [4.78, 5) is 12.5. The molecule has 1 N–H and O–H groups in total. The first kappa shape index (κ1) is 18.0. The fourth-order valence-corrected chi connectivity index (χ4v) is 3.57. The molecule has 1 unspecified atom stereocenters. The van der Waals surface area contributed by atoms with Gasteiger partial charge in [0.25, 0.3) is 0 Å². The van der Waals surface area contributed by atoms with Crippen LogP contribution < -0.4 is 14.8 Å². The van der Waals surface area contributed by atoms with Gasteiger partial charge in [0, 0.05) is 23.5 Å². The minimum absolute atomic E-state index is 0.138. The third-order valence-electron chi connectivity index (χ3n) is 4.77. The fraction of sp³-hybridized carbons (Fsp3) is 0.238. The Labute approximate surface area is 161 Å². The Morgan fingerprint density at radius 2 is 2.07 bits per heavy atom. The molecule has 1 aliphatic rings. The number of para-hydroxylation sites is 1. The van der Waals surface area contributed by atoms with Crippen molar-refractivity contribution < 1.29 is 18.7 Å². The maximum Gasteiger partial charge on any atom is 0.226 e. The number of amides is 1. The van der Waals surface area contributed by atoms with E-state index in [2.05, 4.69) is 10.4 Å². The number of halogens is 1. The highest BCUT2D eigenvalue weighted by Gasteiger charge is 2.33. The molecule has 1 atom stereocenters. The molecule has 7 heteroatoms. The Hall–Kier alpha value is -3.35. The van der Waals surface area contributed by atoms with E-state index < -0.39 is 0 Å². The van der Waals surface area contributed by atoms with Gasteiger partial charge < -0.3 is 14.8 Å². The van der Waals surface area contributed by atoms with Gasteiger partial charge >= 0.3 is 0 Å². The summed E-state index contributed by atoms with van der Waals surface area (Å²) >= 11 is 0. The molecule has 1 amide bonds. The van der Waals surface area contributed by atoms with Gasteiger partial charge in [0.1, 0.15) is 11.6 Å². The summed E-state index contributed by atoms with van der Waals surface area (Å²) in [6.45, 7) is 2.37. The second-order valence-corrected chi connectivity index (χ2v) is 6.46. The normalized spacial score (nSPS) is 15.7. The van der Waals surface area contributed by atoms with E-state index in [4.69, 9.17) is 9.47 Å². The maximum atomic E-state index is 13.7. The van der Waals surface area contributed by atoms with E-state index in [1.165, 1.54) is 12.1 Å². The number of carbonyl (C=O) groups is 1. The highest BCUT2D eigenvalue weighted by atomic mass is 19.1. The van der Waals surface area contributed by atoms with Crippen molar-refractivity contribution in [3.8, 4) is 17.2 Å². The molecule has 1 aromatic heterocycles. The molecule has 3 aromatic rings. The lowest BCUT2D eigenvalue weighted by Gasteiger charge is -2.26. The third-order valence-corrected chi connectivity index (χ3v) is 4.77. The average Bonchev–Trinajstić information content (AvgIpc) is 3.11. The highest BCUT2D eigenvalue weighted by Crippen LogP contribution is 2.44. The van der Waals surface area contributed by atoms with Crippen LogP contribution in [0.4, 0.5) is 10.2 Å². The lowest BCUT2D eigenvalue weighted by atomic mass is 9.86. The van der Waals surface area contributed by atoms with Crippen LogP contribution in [0.2, 0.25) is 0 Å². The Bertz CT molecular complexity index is 1030. The standard InChI is InChI=1S/C21H20FN3O3/c1-3-28-20-15(8-5-9-18(20)27-2)16-11-19(26)24-21-17(16)12-23-25(21)14-7-4-6-13(22)10-14/h4-10,12,16H,3,11H2,1-2H3,(H,24,26). The second-order valence-electron chi connectivity index (χ2n) is 6.46. The molecule has 0 fully saturated rings. The van der Waals surface area contributed by atoms with Crippen molar-refractivity contribution in [3.63, 3.8) is 0 Å². The van der Waals surface area contributed by atoms with Crippen LogP contribution in [0.5, 0.6) is 11.5 Å². The number of hydrogen-bond donors (Lipinski definition) is 1. The number of benzene rings is 2. The number of ether oxygens (including phenoxy) is 2. The maximum absolute atomic E-state index is 13.7. The topological polar surface area (TPSA) is 65.4 Å². The number of nitrogens with one attached hydrogen (secondary N) is 1. The quantitative estimate of drug-likeness (QED) is 0.728. The zero-order valence-corrected chi connectivity index (χ0v) is 15.6. The Morgan fingerprint density at radius 1 is 1.25 bits per heavy atom. The van der Waals surface area contributed by atoms with Crippen LogP contribution in [0.1, 0.15) is 30.4 Å². The smallest absolute Gasteiger partial charge is 0.226 e. The van der Waals surface area contributed by atoms with Gasteiger partial charge in [0.2, 0.25) is 5.91 Å². The molecule has 2 heterocycles. The third kappa shape index (κ3) is 3.09. The van der Waals surface area contributed by atoms with Crippen molar-refractivity contribution in [3.05, 3.63) is 65.6 Å². The lowest BCUT2D eigenvalue weighted by molar-refractivity contribution is -0.116. The van der Waals surface area contributed by atoms with Crippen molar-refractivity contribution >= 4 is 11.7 Å².